The molecule has 4 aromatic heterocycles. The van der Waals surface area contributed by atoms with E-state index in [4.69, 9.17) is 4.98 Å². The highest BCUT2D eigenvalue weighted by Crippen LogP contribution is 2.41. The molecule has 6 heterocycles. The Balaban J connectivity index is 1.25. The molecule has 2 aliphatic heterocycles. The summed E-state index contributed by atoms with van der Waals surface area (Å²) in [4.78, 5) is 22.6. The number of likely N-dealkylation sites (tertiary alicyclic amines) is 1. The van der Waals surface area contributed by atoms with Crippen LogP contribution in [-0.4, -0.2) is 85.2 Å². The number of thiazole rings is 1. The first-order valence-corrected chi connectivity index (χ1v) is 15.1. The van der Waals surface area contributed by atoms with Crippen molar-refractivity contribution in [2.24, 2.45) is 0 Å². The molecule has 204 valence electrons. The zero-order valence-electron chi connectivity index (χ0n) is 24.0. The standard InChI is InChI=1S/C29H42N8S/c1-17(2)24-25(23-15-37-27(30-16-31-37)21(7)20(23)6)32-28-26(24)33-29(38-28)36-13-12-35(14-19(36)5)22-8-10-34(11-9-22)18(3)4/h15-19,22,32H,8-14H2,1-7H3. The Labute approximate surface area is 230 Å². The number of piperidine rings is 1. The Morgan fingerprint density at radius 1 is 1.03 bits per heavy atom. The van der Waals surface area contributed by atoms with E-state index in [9.17, 15) is 0 Å². The SMILES string of the molecule is Cc1c(-c2[nH]c3sc(N4CCN(C5CCN(C(C)C)CC5)CC4C)nc3c2C(C)C)cn2ncnc2c1C. The van der Waals surface area contributed by atoms with Crippen molar-refractivity contribution in [1.82, 2.24) is 34.4 Å². The molecule has 2 fully saturated rings. The molecule has 0 aliphatic carbocycles. The number of anilines is 1. The lowest BCUT2D eigenvalue weighted by Crippen LogP contribution is -2.57. The van der Waals surface area contributed by atoms with Crippen LogP contribution in [-0.2, 0) is 0 Å². The van der Waals surface area contributed by atoms with Crippen molar-refractivity contribution in [3.63, 3.8) is 0 Å². The van der Waals surface area contributed by atoms with Gasteiger partial charge in [-0.2, -0.15) is 5.10 Å². The number of hydrogen-bond acceptors (Lipinski definition) is 7. The van der Waals surface area contributed by atoms with E-state index in [0.717, 1.165) is 42.0 Å². The second-order valence-electron chi connectivity index (χ2n) is 12.0. The minimum atomic E-state index is 0.353. The molecule has 2 aliphatic rings. The predicted molar refractivity (Wildman–Crippen MR) is 158 cm³/mol. The largest absolute Gasteiger partial charge is 0.344 e. The van der Waals surface area contributed by atoms with Crippen LogP contribution in [0.25, 0.3) is 27.3 Å². The van der Waals surface area contributed by atoms with Gasteiger partial charge in [-0.15, -0.1) is 0 Å². The first-order valence-electron chi connectivity index (χ1n) is 14.3. The van der Waals surface area contributed by atoms with Gasteiger partial charge < -0.3 is 14.8 Å². The summed E-state index contributed by atoms with van der Waals surface area (Å²) in [6.07, 6.45) is 6.33. The van der Waals surface area contributed by atoms with E-state index >= 15 is 0 Å². The number of H-pyrrole nitrogens is 1. The van der Waals surface area contributed by atoms with Gasteiger partial charge in [-0.1, -0.05) is 25.2 Å². The lowest BCUT2D eigenvalue weighted by Gasteiger charge is -2.46. The van der Waals surface area contributed by atoms with E-state index in [-0.39, 0.29) is 0 Å². The van der Waals surface area contributed by atoms with Crippen LogP contribution in [0.4, 0.5) is 5.13 Å². The van der Waals surface area contributed by atoms with Gasteiger partial charge in [0.1, 0.15) is 16.7 Å². The molecule has 38 heavy (non-hydrogen) atoms. The summed E-state index contributed by atoms with van der Waals surface area (Å²) in [5.41, 5.74) is 8.11. The third-order valence-corrected chi connectivity index (χ3v) is 10.0. The molecule has 2 saturated heterocycles. The Morgan fingerprint density at radius 2 is 1.79 bits per heavy atom. The van der Waals surface area contributed by atoms with Gasteiger partial charge in [0.15, 0.2) is 10.8 Å². The van der Waals surface area contributed by atoms with Gasteiger partial charge in [-0.05, 0) is 77.6 Å². The Kier molecular flexibility index (Phi) is 6.73. The Bertz CT molecular complexity index is 1440. The summed E-state index contributed by atoms with van der Waals surface area (Å²) in [7, 11) is 0. The Hall–Kier alpha value is -2.49. The third-order valence-electron chi connectivity index (χ3n) is 9.00. The molecule has 0 radical (unpaired) electrons. The molecule has 0 amide bonds. The quantitative estimate of drug-likeness (QED) is 0.367. The molecule has 1 atom stereocenters. The number of aromatic amines is 1. The molecule has 1 N–H and O–H groups in total. The highest BCUT2D eigenvalue weighted by Gasteiger charge is 2.33. The summed E-state index contributed by atoms with van der Waals surface area (Å²) in [6, 6.07) is 1.85. The van der Waals surface area contributed by atoms with Crippen molar-refractivity contribution in [2.75, 3.05) is 37.6 Å². The van der Waals surface area contributed by atoms with E-state index in [1.165, 1.54) is 58.7 Å². The monoisotopic (exact) mass is 534 g/mol. The molecular weight excluding hydrogens is 492 g/mol. The maximum absolute atomic E-state index is 5.28. The second-order valence-corrected chi connectivity index (χ2v) is 12.9. The summed E-state index contributed by atoms with van der Waals surface area (Å²) in [5, 5.41) is 5.58. The lowest BCUT2D eigenvalue weighted by atomic mass is 9.96. The van der Waals surface area contributed by atoms with Crippen LogP contribution in [0, 0.1) is 13.8 Å². The van der Waals surface area contributed by atoms with Crippen LogP contribution < -0.4 is 4.90 Å². The van der Waals surface area contributed by atoms with Crippen LogP contribution in [0.15, 0.2) is 12.5 Å². The summed E-state index contributed by atoms with van der Waals surface area (Å²) in [6.45, 7) is 21.6. The smallest absolute Gasteiger partial charge is 0.188 e. The molecule has 0 spiro atoms. The van der Waals surface area contributed by atoms with Gasteiger partial charge in [0, 0.05) is 55.1 Å². The molecule has 4 aromatic rings. The molecule has 1 unspecified atom stereocenters. The maximum Gasteiger partial charge on any atom is 0.188 e. The van der Waals surface area contributed by atoms with E-state index in [2.05, 4.69) is 84.4 Å². The van der Waals surface area contributed by atoms with Crippen molar-refractivity contribution in [2.45, 2.75) is 85.4 Å². The zero-order valence-corrected chi connectivity index (χ0v) is 24.8. The zero-order chi connectivity index (χ0) is 26.7. The van der Waals surface area contributed by atoms with Gasteiger partial charge in [0.25, 0.3) is 0 Å². The first kappa shape index (κ1) is 25.8. The molecule has 0 saturated carbocycles. The van der Waals surface area contributed by atoms with Crippen molar-refractivity contribution < 1.29 is 0 Å². The number of fused-ring (bicyclic) bond motifs is 2. The van der Waals surface area contributed by atoms with E-state index in [1.807, 2.05) is 15.9 Å². The number of hydrogen-bond donors (Lipinski definition) is 1. The second kappa shape index (κ2) is 9.92. The van der Waals surface area contributed by atoms with Crippen molar-refractivity contribution in [3.8, 4) is 11.3 Å². The average molecular weight is 535 g/mol. The van der Waals surface area contributed by atoms with Crippen molar-refractivity contribution >= 4 is 32.5 Å². The minimum absolute atomic E-state index is 0.353. The summed E-state index contributed by atoms with van der Waals surface area (Å²) >= 11 is 1.81. The van der Waals surface area contributed by atoms with Gasteiger partial charge in [-0.25, -0.2) is 14.5 Å². The van der Waals surface area contributed by atoms with E-state index in [1.54, 1.807) is 6.33 Å². The number of nitrogens with zero attached hydrogens (tertiary/aromatic N) is 7. The maximum atomic E-state index is 5.28. The highest BCUT2D eigenvalue weighted by atomic mass is 32.1. The Morgan fingerprint density at radius 3 is 2.47 bits per heavy atom. The topological polar surface area (TPSA) is 68.6 Å². The van der Waals surface area contributed by atoms with Crippen LogP contribution >= 0.6 is 11.3 Å². The number of pyridine rings is 1. The highest BCUT2D eigenvalue weighted by molar-refractivity contribution is 7.21. The number of nitrogens with one attached hydrogen (secondary N) is 1. The normalized spacial score (nSPS) is 20.7. The van der Waals surface area contributed by atoms with Gasteiger partial charge in [-0.3, -0.25) is 4.90 Å². The van der Waals surface area contributed by atoms with Crippen molar-refractivity contribution in [1.29, 1.82) is 0 Å². The van der Waals surface area contributed by atoms with Crippen LogP contribution in [0.2, 0.25) is 0 Å². The fourth-order valence-electron chi connectivity index (χ4n) is 6.60. The predicted octanol–water partition coefficient (Wildman–Crippen LogP) is 5.46. The fraction of sp³-hybridized carbons (Fsp3) is 0.621. The average Bonchev–Trinajstić information content (AvgIpc) is 3.60. The molecule has 0 aromatic carbocycles. The minimum Gasteiger partial charge on any atom is -0.344 e. The van der Waals surface area contributed by atoms with Gasteiger partial charge >= 0.3 is 0 Å². The lowest BCUT2D eigenvalue weighted by molar-refractivity contribution is 0.0805. The number of rotatable bonds is 5. The van der Waals surface area contributed by atoms with Crippen LogP contribution in [0.5, 0.6) is 0 Å². The molecule has 0 bridgehead atoms. The fourth-order valence-corrected chi connectivity index (χ4v) is 7.71. The number of aromatic nitrogens is 5. The van der Waals surface area contributed by atoms with Crippen molar-refractivity contribution in [3.05, 3.63) is 29.2 Å². The number of aryl methyl sites for hydroxylation is 1. The summed E-state index contributed by atoms with van der Waals surface area (Å²) in [5.74, 6) is 0.353. The van der Waals surface area contributed by atoms with Crippen LogP contribution in [0.1, 0.15) is 70.1 Å². The number of piperazine rings is 1. The third kappa shape index (κ3) is 4.32. The molecular formula is C29H42N8S. The van der Waals surface area contributed by atoms with E-state index < -0.39 is 0 Å². The van der Waals surface area contributed by atoms with Crippen LogP contribution in [0.3, 0.4) is 0 Å². The van der Waals surface area contributed by atoms with E-state index in [0.29, 0.717) is 18.0 Å². The molecule has 6 rings (SSSR count). The summed E-state index contributed by atoms with van der Waals surface area (Å²) < 4.78 is 1.89. The van der Waals surface area contributed by atoms with Gasteiger partial charge in [0.2, 0.25) is 0 Å². The molecule has 9 heteroatoms. The van der Waals surface area contributed by atoms with Gasteiger partial charge in [0.05, 0.1) is 5.69 Å². The molecule has 8 nitrogen and oxygen atoms in total. The first-order chi connectivity index (χ1) is 18.2.